The number of nitrogens with one attached hydrogen (secondary N) is 1. The zero-order valence-electron chi connectivity index (χ0n) is 15.9. The molecule has 0 spiro atoms. The van der Waals surface area contributed by atoms with Crippen molar-refractivity contribution >= 4 is 38.4 Å². The molecular weight excluding hydrogens is 450 g/mol. The van der Waals surface area contributed by atoms with Crippen LogP contribution in [0.25, 0.3) is 10.9 Å². The van der Waals surface area contributed by atoms with E-state index in [0.717, 1.165) is 4.47 Å². The normalized spacial score (nSPS) is 10.8. The highest BCUT2D eigenvalue weighted by molar-refractivity contribution is 9.10. The zero-order valence-corrected chi connectivity index (χ0v) is 17.4. The minimum Gasteiger partial charge on any atom is -0.490 e. The molecule has 30 heavy (non-hydrogen) atoms. The Morgan fingerprint density at radius 3 is 2.87 bits per heavy atom. The van der Waals surface area contributed by atoms with E-state index < -0.39 is 0 Å². The maximum atomic E-state index is 12.7. The largest absolute Gasteiger partial charge is 0.490 e. The van der Waals surface area contributed by atoms with Gasteiger partial charge in [0.15, 0.2) is 0 Å². The Kier molecular flexibility index (Phi) is 5.89. The molecule has 1 N–H and O–H groups in total. The molecule has 0 aliphatic heterocycles. The van der Waals surface area contributed by atoms with Crippen molar-refractivity contribution in [3.63, 3.8) is 0 Å². The fourth-order valence-electron chi connectivity index (χ4n) is 2.96. The summed E-state index contributed by atoms with van der Waals surface area (Å²) in [4.78, 5) is 33.5. The lowest BCUT2D eigenvalue weighted by Crippen LogP contribution is -2.28. The number of amides is 1. The number of hydrogen-bond donors (Lipinski definition) is 1. The number of imidazole rings is 1. The highest BCUT2D eigenvalue weighted by Crippen LogP contribution is 2.23. The van der Waals surface area contributed by atoms with E-state index >= 15 is 0 Å². The fourth-order valence-corrected chi connectivity index (χ4v) is 3.33. The topological polar surface area (TPSA) is 91.0 Å². The second-order valence-corrected chi connectivity index (χ2v) is 7.45. The summed E-state index contributed by atoms with van der Waals surface area (Å²) in [6.45, 7) is 0.903. The molecule has 1 amide bonds. The first-order valence-corrected chi connectivity index (χ1v) is 10.0. The predicted molar refractivity (Wildman–Crippen MR) is 116 cm³/mol. The summed E-state index contributed by atoms with van der Waals surface area (Å²) in [6, 6.07) is 12.4. The molecule has 0 saturated carbocycles. The maximum absolute atomic E-state index is 12.7. The minimum absolute atomic E-state index is 0.155. The molecular formula is C21H18BrN5O3. The van der Waals surface area contributed by atoms with Crippen LogP contribution >= 0.6 is 15.9 Å². The van der Waals surface area contributed by atoms with Gasteiger partial charge in [-0.3, -0.25) is 14.2 Å². The standard InChI is InChI=1S/C21H18BrN5O3/c22-15-5-6-17-16(11-15)21(29)27(14-24-17)12-20(28)25-18-3-1-2-4-19(18)30-10-9-26-8-7-23-13-26/h1-8,11,13-14H,9-10,12H2,(H,25,28). The van der Waals surface area contributed by atoms with Crippen molar-refractivity contribution in [1.29, 1.82) is 0 Å². The van der Waals surface area contributed by atoms with E-state index in [2.05, 4.69) is 31.2 Å². The summed E-state index contributed by atoms with van der Waals surface area (Å²) in [7, 11) is 0. The molecule has 0 bridgehead atoms. The van der Waals surface area contributed by atoms with Crippen LogP contribution < -0.4 is 15.6 Å². The third-order valence-electron chi connectivity index (χ3n) is 4.43. The van der Waals surface area contributed by atoms with Gasteiger partial charge in [-0.05, 0) is 30.3 Å². The first-order valence-electron chi connectivity index (χ1n) is 9.22. The average molecular weight is 468 g/mol. The van der Waals surface area contributed by atoms with Crippen LogP contribution in [0.2, 0.25) is 0 Å². The van der Waals surface area contributed by atoms with Gasteiger partial charge in [-0.1, -0.05) is 28.1 Å². The van der Waals surface area contributed by atoms with Gasteiger partial charge in [0.25, 0.3) is 5.56 Å². The predicted octanol–water partition coefficient (Wildman–Crippen LogP) is 3.07. The monoisotopic (exact) mass is 467 g/mol. The smallest absolute Gasteiger partial charge is 0.261 e. The van der Waals surface area contributed by atoms with E-state index in [0.29, 0.717) is 35.5 Å². The first-order chi connectivity index (χ1) is 14.6. The van der Waals surface area contributed by atoms with Crippen molar-refractivity contribution in [1.82, 2.24) is 19.1 Å². The molecule has 0 saturated heterocycles. The average Bonchev–Trinajstić information content (AvgIpc) is 3.25. The summed E-state index contributed by atoms with van der Waals surface area (Å²) >= 11 is 3.35. The highest BCUT2D eigenvalue weighted by Gasteiger charge is 2.11. The molecule has 0 fully saturated rings. The molecule has 4 rings (SSSR count). The second-order valence-electron chi connectivity index (χ2n) is 6.53. The molecule has 2 aromatic carbocycles. The molecule has 152 valence electrons. The van der Waals surface area contributed by atoms with Gasteiger partial charge >= 0.3 is 0 Å². The molecule has 0 radical (unpaired) electrons. The van der Waals surface area contributed by atoms with Crippen LogP contribution in [0.5, 0.6) is 5.75 Å². The van der Waals surface area contributed by atoms with Crippen LogP contribution in [-0.2, 0) is 17.9 Å². The van der Waals surface area contributed by atoms with Crippen LogP contribution in [0.3, 0.4) is 0 Å². The van der Waals surface area contributed by atoms with Gasteiger partial charge in [-0.25, -0.2) is 9.97 Å². The number of para-hydroxylation sites is 2. The van der Waals surface area contributed by atoms with Gasteiger partial charge < -0.3 is 14.6 Å². The van der Waals surface area contributed by atoms with Crippen molar-refractivity contribution in [3.05, 3.63) is 82.3 Å². The Morgan fingerprint density at radius 1 is 1.17 bits per heavy atom. The summed E-state index contributed by atoms with van der Waals surface area (Å²) in [5.41, 5.74) is 0.843. The summed E-state index contributed by atoms with van der Waals surface area (Å²) in [5.74, 6) is 0.206. The van der Waals surface area contributed by atoms with Gasteiger partial charge in [-0.2, -0.15) is 0 Å². The van der Waals surface area contributed by atoms with Crippen LogP contribution in [0.4, 0.5) is 5.69 Å². The van der Waals surface area contributed by atoms with Crippen LogP contribution in [-0.4, -0.2) is 31.6 Å². The van der Waals surface area contributed by atoms with E-state index in [1.807, 2.05) is 22.9 Å². The minimum atomic E-state index is -0.348. The van der Waals surface area contributed by atoms with Gasteiger partial charge in [0.2, 0.25) is 5.91 Å². The molecule has 8 nitrogen and oxygen atoms in total. The number of benzene rings is 2. The number of aromatic nitrogens is 4. The number of anilines is 1. The van der Waals surface area contributed by atoms with E-state index in [4.69, 9.17) is 4.74 Å². The number of carbonyl (C=O) groups excluding carboxylic acids is 1. The Bertz CT molecular complexity index is 1240. The molecule has 0 aliphatic carbocycles. The SMILES string of the molecule is O=C(Cn1cnc2ccc(Br)cc2c1=O)Nc1ccccc1OCCn1ccnc1. The van der Waals surface area contributed by atoms with Gasteiger partial charge in [0.05, 0.1) is 35.8 Å². The molecule has 2 heterocycles. The number of halogens is 1. The van der Waals surface area contributed by atoms with Gasteiger partial charge in [0, 0.05) is 16.9 Å². The zero-order chi connectivity index (χ0) is 20.9. The van der Waals surface area contributed by atoms with E-state index in [1.54, 1.807) is 42.9 Å². The lowest BCUT2D eigenvalue weighted by Gasteiger charge is -2.13. The molecule has 0 atom stereocenters. The number of rotatable bonds is 7. The molecule has 9 heteroatoms. The van der Waals surface area contributed by atoms with E-state index in [9.17, 15) is 9.59 Å². The van der Waals surface area contributed by atoms with Crippen LogP contribution in [0, 0.1) is 0 Å². The number of ether oxygens (including phenoxy) is 1. The summed E-state index contributed by atoms with van der Waals surface area (Å²) < 4.78 is 9.77. The number of hydrogen-bond acceptors (Lipinski definition) is 5. The Labute approximate surface area is 180 Å². The fraction of sp³-hybridized carbons (Fsp3) is 0.143. The number of carbonyl (C=O) groups is 1. The summed E-state index contributed by atoms with van der Waals surface area (Å²) in [5, 5.41) is 3.26. The van der Waals surface area contributed by atoms with Crippen molar-refractivity contribution in [2.24, 2.45) is 0 Å². The molecule has 0 aliphatic rings. The first kappa shape index (κ1) is 19.8. The Morgan fingerprint density at radius 2 is 2.03 bits per heavy atom. The number of fused-ring (bicyclic) bond motifs is 1. The Hall–Kier alpha value is -3.46. The van der Waals surface area contributed by atoms with Gasteiger partial charge in [-0.15, -0.1) is 0 Å². The molecule has 0 unspecified atom stereocenters. The third-order valence-corrected chi connectivity index (χ3v) is 4.92. The van der Waals surface area contributed by atoms with Crippen LogP contribution in [0.15, 0.2) is 76.8 Å². The van der Waals surface area contributed by atoms with Crippen LogP contribution in [0.1, 0.15) is 0 Å². The van der Waals surface area contributed by atoms with E-state index in [1.165, 1.54) is 10.9 Å². The van der Waals surface area contributed by atoms with Crippen molar-refractivity contribution in [2.75, 3.05) is 11.9 Å². The van der Waals surface area contributed by atoms with Gasteiger partial charge in [0.1, 0.15) is 18.9 Å². The van der Waals surface area contributed by atoms with Crippen molar-refractivity contribution < 1.29 is 9.53 Å². The lowest BCUT2D eigenvalue weighted by molar-refractivity contribution is -0.116. The Balaban J connectivity index is 1.45. The summed E-state index contributed by atoms with van der Waals surface area (Å²) in [6.07, 6.45) is 6.65. The third kappa shape index (κ3) is 4.57. The highest BCUT2D eigenvalue weighted by atomic mass is 79.9. The maximum Gasteiger partial charge on any atom is 0.261 e. The quantitative estimate of drug-likeness (QED) is 0.450. The molecule has 2 aromatic heterocycles. The van der Waals surface area contributed by atoms with E-state index in [-0.39, 0.29) is 18.0 Å². The number of nitrogens with zero attached hydrogens (tertiary/aromatic N) is 4. The lowest BCUT2D eigenvalue weighted by atomic mass is 10.2. The van der Waals surface area contributed by atoms with Crippen molar-refractivity contribution in [2.45, 2.75) is 13.1 Å². The second kappa shape index (κ2) is 8.91. The van der Waals surface area contributed by atoms with Crippen molar-refractivity contribution in [3.8, 4) is 5.75 Å². The molecule has 4 aromatic rings.